The predicted molar refractivity (Wildman–Crippen MR) is 53.1 cm³/mol. The van der Waals surface area contributed by atoms with E-state index in [9.17, 15) is 17.6 Å². The lowest BCUT2D eigenvalue weighted by Crippen LogP contribution is -2.29. The summed E-state index contributed by atoms with van der Waals surface area (Å²) in [5, 5.41) is 0. The molecule has 0 saturated carbocycles. The van der Waals surface area contributed by atoms with Crippen LogP contribution in [-0.4, -0.2) is 12.5 Å². The molecule has 1 aromatic carbocycles. The van der Waals surface area contributed by atoms with E-state index in [1.807, 2.05) is 0 Å². The van der Waals surface area contributed by atoms with Gasteiger partial charge in [-0.05, 0) is 12.1 Å². The highest BCUT2D eigenvalue weighted by Gasteiger charge is 2.42. The lowest BCUT2D eigenvalue weighted by atomic mass is 10.3. The number of halogens is 5. The SMILES string of the molecule is Cl.NNc1cccc(OC(F)C(F)(F)F)c1. The third-order valence-corrected chi connectivity index (χ3v) is 1.50. The molecule has 0 spiro atoms. The number of hydrazine groups is 1. The van der Waals surface area contributed by atoms with Crippen molar-refractivity contribution in [1.29, 1.82) is 0 Å². The van der Waals surface area contributed by atoms with Crippen LogP contribution >= 0.6 is 12.4 Å². The summed E-state index contributed by atoms with van der Waals surface area (Å²) in [6.45, 7) is 0. The molecule has 0 aliphatic heterocycles. The number of nitrogens with two attached hydrogens (primary N) is 1. The summed E-state index contributed by atoms with van der Waals surface area (Å²) < 4.78 is 51.8. The first kappa shape index (κ1) is 14.8. The number of hydrogen-bond acceptors (Lipinski definition) is 3. The van der Waals surface area contributed by atoms with Gasteiger partial charge < -0.3 is 10.2 Å². The molecule has 0 aliphatic carbocycles. The summed E-state index contributed by atoms with van der Waals surface area (Å²) in [5.74, 6) is 4.76. The van der Waals surface area contributed by atoms with Gasteiger partial charge in [0.05, 0.1) is 5.69 Å². The minimum Gasteiger partial charge on any atom is -0.452 e. The van der Waals surface area contributed by atoms with Gasteiger partial charge in [-0.15, -0.1) is 12.4 Å². The molecule has 1 rings (SSSR count). The maximum atomic E-state index is 12.4. The van der Waals surface area contributed by atoms with Gasteiger partial charge in [-0.25, -0.2) is 0 Å². The Bertz CT molecular complexity index is 334. The van der Waals surface area contributed by atoms with Crippen LogP contribution in [0, 0.1) is 0 Å². The highest BCUT2D eigenvalue weighted by molar-refractivity contribution is 5.85. The molecule has 3 nitrogen and oxygen atoms in total. The van der Waals surface area contributed by atoms with E-state index in [0.29, 0.717) is 5.69 Å². The van der Waals surface area contributed by atoms with Crippen LogP contribution in [0.15, 0.2) is 24.3 Å². The third-order valence-electron chi connectivity index (χ3n) is 1.50. The van der Waals surface area contributed by atoms with Crippen molar-refractivity contribution in [2.75, 3.05) is 5.43 Å². The quantitative estimate of drug-likeness (QED) is 0.499. The van der Waals surface area contributed by atoms with Crippen molar-refractivity contribution in [1.82, 2.24) is 0 Å². The van der Waals surface area contributed by atoms with Crippen LogP contribution in [0.5, 0.6) is 5.75 Å². The van der Waals surface area contributed by atoms with Gasteiger partial charge in [-0.2, -0.15) is 17.6 Å². The molecule has 0 heterocycles. The molecule has 0 radical (unpaired) electrons. The fraction of sp³-hybridized carbons (Fsp3) is 0.250. The summed E-state index contributed by atoms with van der Waals surface area (Å²) in [7, 11) is 0. The Morgan fingerprint density at radius 1 is 1.31 bits per heavy atom. The molecule has 16 heavy (non-hydrogen) atoms. The van der Waals surface area contributed by atoms with Crippen LogP contribution in [0.2, 0.25) is 0 Å². The van der Waals surface area contributed by atoms with E-state index in [2.05, 4.69) is 10.2 Å². The molecule has 8 heteroatoms. The molecule has 0 bridgehead atoms. The van der Waals surface area contributed by atoms with Crippen molar-refractivity contribution in [2.45, 2.75) is 12.5 Å². The molecular weight excluding hydrogens is 252 g/mol. The van der Waals surface area contributed by atoms with Gasteiger partial charge >= 0.3 is 12.5 Å². The second-order valence-electron chi connectivity index (χ2n) is 2.65. The summed E-state index contributed by atoms with van der Waals surface area (Å²) in [6, 6.07) is 5.22. The highest BCUT2D eigenvalue weighted by Crippen LogP contribution is 2.27. The fourth-order valence-electron chi connectivity index (χ4n) is 0.845. The van der Waals surface area contributed by atoms with Gasteiger partial charge in [0.2, 0.25) is 0 Å². The molecule has 0 amide bonds. The molecule has 1 atom stereocenters. The Hall–Kier alpha value is -1.21. The number of anilines is 1. The molecular formula is C8H9ClF4N2O. The third kappa shape index (κ3) is 4.11. The minimum absolute atomic E-state index is 0. The van der Waals surface area contributed by atoms with Crippen molar-refractivity contribution in [3.63, 3.8) is 0 Å². The molecule has 92 valence electrons. The zero-order valence-corrected chi connectivity index (χ0v) is 8.61. The molecule has 0 aromatic heterocycles. The number of benzene rings is 1. The van der Waals surface area contributed by atoms with E-state index >= 15 is 0 Å². The molecule has 0 saturated heterocycles. The van der Waals surface area contributed by atoms with Gasteiger partial charge in [0.15, 0.2) is 0 Å². The van der Waals surface area contributed by atoms with Crippen molar-refractivity contribution in [3.8, 4) is 5.75 Å². The fourth-order valence-corrected chi connectivity index (χ4v) is 0.845. The van der Waals surface area contributed by atoms with Crippen LogP contribution in [0.1, 0.15) is 0 Å². The second-order valence-corrected chi connectivity index (χ2v) is 2.65. The Kier molecular flexibility index (Phi) is 5.32. The maximum absolute atomic E-state index is 12.4. The van der Waals surface area contributed by atoms with E-state index in [0.717, 1.165) is 6.07 Å². The first-order valence-electron chi connectivity index (χ1n) is 3.87. The maximum Gasteiger partial charge on any atom is 0.457 e. The van der Waals surface area contributed by atoms with Gasteiger partial charge in [0, 0.05) is 6.07 Å². The molecule has 0 fully saturated rings. The average Bonchev–Trinajstić information content (AvgIpc) is 2.16. The summed E-state index contributed by atoms with van der Waals surface area (Å²) in [5.41, 5.74) is 2.52. The largest absolute Gasteiger partial charge is 0.457 e. The van der Waals surface area contributed by atoms with E-state index in [-0.39, 0.29) is 18.2 Å². The van der Waals surface area contributed by atoms with Gasteiger partial charge in [0.1, 0.15) is 5.75 Å². The molecule has 1 aromatic rings. The number of alkyl halides is 4. The Labute approximate surface area is 94.9 Å². The lowest BCUT2D eigenvalue weighted by molar-refractivity contribution is -0.236. The molecule has 0 aliphatic rings. The van der Waals surface area contributed by atoms with Crippen LogP contribution in [-0.2, 0) is 0 Å². The smallest absolute Gasteiger partial charge is 0.452 e. The Balaban J connectivity index is 0.00000225. The lowest BCUT2D eigenvalue weighted by Gasteiger charge is -2.14. The summed E-state index contributed by atoms with van der Waals surface area (Å²) in [4.78, 5) is 0. The molecule has 1 unspecified atom stereocenters. The zero-order valence-electron chi connectivity index (χ0n) is 7.79. The van der Waals surface area contributed by atoms with Crippen LogP contribution in [0.4, 0.5) is 23.2 Å². The van der Waals surface area contributed by atoms with Gasteiger partial charge in [-0.1, -0.05) is 6.07 Å². The first-order chi connectivity index (χ1) is 6.93. The van der Waals surface area contributed by atoms with Crippen LogP contribution in [0.3, 0.4) is 0 Å². The van der Waals surface area contributed by atoms with Crippen LogP contribution in [0.25, 0.3) is 0 Å². The van der Waals surface area contributed by atoms with Gasteiger partial charge in [-0.3, -0.25) is 5.84 Å². The van der Waals surface area contributed by atoms with E-state index in [1.165, 1.54) is 18.2 Å². The van der Waals surface area contributed by atoms with E-state index in [4.69, 9.17) is 5.84 Å². The molecule has 3 N–H and O–H groups in total. The van der Waals surface area contributed by atoms with E-state index in [1.54, 1.807) is 0 Å². The van der Waals surface area contributed by atoms with E-state index < -0.39 is 12.5 Å². The highest BCUT2D eigenvalue weighted by atomic mass is 35.5. The van der Waals surface area contributed by atoms with Crippen LogP contribution < -0.4 is 16.0 Å². The predicted octanol–water partition coefficient (Wildman–Crippen LogP) is 2.63. The number of nitrogen functional groups attached to an aromatic ring is 1. The van der Waals surface area contributed by atoms with Crippen molar-refractivity contribution in [3.05, 3.63) is 24.3 Å². The Morgan fingerprint density at radius 3 is 2.44 bits per heavy atom. The normalized spacial score (nSPS) is 12.6. The zero-order chi connectivity index (χ0) is 11.5. The standard InChI is InChI=1S/C8H8F4N2O.ClH/c9-7(8(10,11)12)15-6-3-1-2-5(4-6)14-13;/h1-4,7,14H,13H2;1H. The minimum atomic E-state index is -5.04. The Morgan fingerprint density at radius 2 is 1.94 bits per heavy atom. The number of rotatable bonds is 3. The van der Waals surface area contributed by atoms with Crippen molar-refractivity contribution >= 4 is 18.1 Å². The number of hydrogen-bond donors (Lipinski definition) is 2. The van der Waals surface area contributed by atoms with Gasteiger partial charge in [0.25, 0.3) is 0 Å². The topological polar surface area (TPSA) is 47.3 Å². The van der Waals surface area contributed by atoms with Crippen molar-refractivity contribution < 1.29 is 22.3 Å². The number of nitrogens with one attached hydrogen (secondary N) is 1. The van der Waals surface area contributed by atoms with Crippen molar-refractivity contribution in [2.24, 2.45) is 5.84 Å². The summed E-state index contributed by atoms with van der Waals surface area (Å²) in [6.07, 6.45) is -8.38. The monoisotopic (exact) mass is 260 g/mol. The average molecular weight is 261 g/mol. The second kappa shape index (κ2) is 5.76. The summed E-state index contributed by atoms with van der Waals surface area (Å²) >= 11 is 0. The number of ether oxygens (including phenoxy) is 1. The first-order valence-corrected chi connectivity index (χ1v) is 3.87.